The molecule has 1 atom stereocenters. The lowest BCUT2D eigenvalue weighted by atomic mass is 10.1. The number of hydrogen-bond donors (Lipinski definition) is 0. The molecule has 2 aliphatic rings. The number of amides is 2. The molecule has 2 amide bonds. The molecule has 152 valence electrons. The van der Waals surface area contributed by atoms with Gasteiger partial charge >= 0.3 is 0 Å². The van der Waals surface area contributed by atoms with Crippen LogP contribution < -0.4 is 4.90 Å². The van der Waals surface area contributed by atoms with Crippen LogP contribution in [0.15, 0.2) is 54.6 Å². The summed E-state index contributed by atoms with van der Waals surface area (Å²) in [6, 6.07) is 17.7. The smallest absolute Gasteiger partial charge is 0.247 e. The second-order valence-corrected chi connectivity index (χ2v) is 7.70. The molecule has 6 nitrogen and oxygen atoms in total. The summed E-state index contributed by atoms with van der Waals surface area (Å²) in [7, 11) is 1.91. The van der Waals surface area contributed by atoms with Gasteiger partial charge in [-0.3, -0.25) is 19.4 Å². The van der Waals surface area contributed by atoms with Crippen LogP contribution in [0.5, 0.6) is 0 Å². The Morgan fingerprint density at radius 3 is 2.34 bits per heavy atom. The molecule has 2 aromatic carbocycles. The molecule has 2 fully saturated rings. The maximum atomic E-state index is 12.9. The normalized spacial score (nSPS) is 20.0. The molecule has 0 N–H and O–H groups in total. The zero-order valence-corrected chi connectivity index (χ0v) is 16.8. The van der Waals surface area contributed by atoms with Gasteiger partial charge in [0.05, 0.1) is 32.2 Å². The number of morpholine rings is 1. The highest BCUT2D eigenvalue weighted by molar-refractivity contribution is 6.05. The number of hydrogen-bond acceptors (Lipinski definition) is 5. The van der Waals surface area contributed by atoms with Gasteiger partial charge in [0.15, 0.2) is 0 Å². The van der Waals surface area contributed by atoms with E-state index in [4.69, 9.17) is 4.74 Å². The molecular formula is C23H27N3O3. The second kappa shape index (κ2) is 8.76. The van der Waals surface area contributed by atoms with Gasteiger partial charge in [-0.05, 0) is 30.3 Å². The van der Waals surface area contributed by atoms with Gasteiger partial charge in [0, 0.05) is 25.3 Å². The summed E-state index contributed by atoms with van der Waals surface area (Å²) in [6.45, 7) is 4.33. The van der Waals surface area contributed by atoms with E-state index in [0.29, 0.717) is 13.1 Å². The average molecular weight is 393 g/mol. The van der Waals surface area contributed by atoms with E-state index in [9.17, 15) is 9.59 Å². The Kier molecular flexibility index (Phi) is 5.92. The van der Waals surface area contributed by atoms with E-state index in [2.05, 4.69) is 29.2 Å². The molecule has 0 saturated carbocycles. The highest BCUT2D eigenvalue weighted by Gasteiger charge is 2.40. The molecule has 0 spiro atoms. The standard InChI is InChI=1S/C23H27N3O3/c1-24(16-19-7-9-20(10-8-19)25-11-13-29-14-12-25)21-15-22(27)26(23(21)28)17-18-5-3-2-4-6-18/h2-10,21H,11-17H2,1H3/t21-/m0/s1. The van der Waals surface area contributed by atoms with Crippen molar-refractivity contribution in [1.29, 1.82) is 0 Å². The monoisotopic (exact) mass is 393 g/mol. The first kappa shape index (κ1) is 19.6. The minimum Gasteiger partial charge on any atom is -0.378 e. The molecule has 0 unspecified atom stereocenters. The third-order valence-electron chi connectivity index (χ3n) is 5.68. The lowest BCUT2D eigenvalue weighted by molar-refractivity contribution is -0.140. The Hall–Kier alpha value is -2.70. The highest BCUT2D eigenvalue weighted by atomic mass is 16.5. The molecule has 0 bridgehead atoms. The Labute approximate surface area is 171 Å². The van der Waals surface area contributed by atoms with Gasteiger partial charge in [-0.25, -0.2) is 0 Å². The van der Waals surface area contributed by atoms with E-state index < -0.39 is 6.04 Å². The first-order valence-electron chi connectivity index (χ1n) is 10.1. The minimum absolute atomic E-state index is 0.0987. The number of likely N-dealkylation sites (N-methyl/N-ethyl adjacent to an activating group) is 1. The fourth-order valence-corrected chi connectivity index (χ4v) is 3.97. The molecule has 0 aromatic heterocycles. The van der Waals surface area contributed by atoms with E-state index in [-0.39, 0.29) is 18.2 Å². The van der Waals surface area contributed by atoms with E-state index in [1.807, 2.05) is 42.3 Å². The zero-order valence-electron chi connectivity index (χ0n) is 16.8. The molecular weight excluding hydrogens is 366 g/mol. The SMILES string of the molecule is CN(Cc1ccc(N2CCOCC2)cc1)[C@H]1CC(=O)N(Cc2ccccc2)C1=O. The molecule has 0 radical (unpaired) electrons. The molecule has 2 aromatic rings. The van der Waals surface area contributed by atoms with Gasteiger partial charge in [0.2, 0.25) is 11.8 Å². The Morgan fingerprint density at radius 2 is 1.66 bits per heavy atom. The van der Waals surface area contributed by atoms with Crippen LogP contribution in [0.4, 0.5) is 5.69 Å². The molecule has 6 heteroatoms. The summed E-state index contributed by atoms with van der Waals surface area (Å²) < 4.78 is 5.41. The van der Waals surface area contributed by atoms with Crippen LogP contribution in [0.3, 0.4) is 0 Å². The maximum Gasteiger partial charge on any atom is 0.247 e. The number of imide groups is 1. The molecule has 4 rings (SSSR count). The van der Waals surface area contributed by atoms with Gasteiger partial charge in [0.25, 0.3) is 0 Å². The van der Waals surface area contributed by atoms with E-state index in [1.165, 1.54) is 10.6 Å². The van der Waals surface area contributed by atoms with Crippen molar-refractivity contribution in [2.75, 3.05) is 38.3 Å². The van der Waals surface area contributed by atoms with Crippen molar-refractivity contribution in [2.45, 2.75) is 25.6 Å². The van der Waals surface area contributed by atoms with Crippen LogP contribution >= 0.6 is 0 Å². The fraction of sp³-hybridized carbons (Fsp3) is 0.391. The van der Waals surface area contributed by atoms with Crippen LogP contribution in [0.2, 0.25) is 0 Å². The van der Waals surface area contributed by atoms with Crippen molar-refractivity contribution < 1.29 is 14.3 Å². The lowest BCUT2D eigenvalue weighted by Gasteiger charge is -2.29. The molecule has 0 aliphatic carbocycles. The maximum absolute atomic E-state index is 12.9. The topological polar surface area (TPSA) is 53.1 Å². The summed E-state index contributed by atoms with van der Waals surface area (Å²) in [4.78, 5) is 31.0. The van der Waals surface area contributed by atoms with Gasteiger partial charge < -0.3 is 9.64 Å². The van der Waals surface area contributed by atoms with Crippen LogP contribution in [0, 0.1) is 0 Å². The third kappa shape index (κ3) is 4.49. The molecule has 2 saturated heterocycles. The summed E-state index contributed by atoms with van der Waals surface area (Å²) in [5.74, 6) is -0.204. The van der Waals surface area contributed by atoms with Crippen LogP contribution in [0.25, 0.3) is 0 Å². The first-order chi connectivity index (χ1) is 14.1. The largest absolute Gasteiger partial charge is 0.378 e. The van der Waals surface area contributed by atoms with Crippen LogP contribution in [-0.4, -0.2) is 61.0 Å². The number of carbonyl (C=O) groups is 2. The molecule has 29 heavy (non-hydrogen) atoms. The van der Waals surface area contributed by atoms with Crippen molar-refractivity contribution in [2.24, 2.45) is 0 Å². The first-order valence-corrected chi connectivity index (χ1v) is 10.1. The average Bonchev–Trinajstić information content (AvgIpc) is 3.04. The highest BCUT2D eigenvalue weighted by Crippen LogP contribution is 2.23. The van der Waals surface area contributed by atoms with Gasteiger partial charge in [-0.2, -0.15) is 0 Å². The second-order valence-electron chi connectivity index (χ2n) is 7.70. The predicted octanol–water partition coefficient (Wildman–Crippen LogP) is 2.28. The quantitative estimate of drug-likeness (QED) is 0.705. The summed E-state index contributed by atoms with van der Waals surface area (Å²) in [6.07, 6.45) is 0.244. The van der Waals surface area contributed by atoms with Crippen molar-refractivity contribution in [3.63, 3.8) is 0 Å². The van der Waals surface area contributed by atoms with Crippen molar-refractivity contribution in [3.05, 3.63) is 65.7 Å². The lowest BCUT2D eigenvalue weighted by Crippen LogP contribution is -2.39. The predicted molar refractivity (Wildman–Crippen MR) is 111 cm³/mol. The van der Waals surface area contributed by atoms with Gasteiger partial charge in [-0.15, -0.1) is 0 Å². The molecule has 2 aliphatic heterocycles. The van der Waals surface area contributed by atoms with Crippen molar-refractivity contribution >= 4 is 17.5 Å². The van der Waals surface area contributed by atoms with E-state index in [0.717, 1.165) is 37.4 Å². The van der Waals surface area contributed by atoms with Crippen LogP contribution in [-0.2, 0) is 27.4 Å². The van der Waals surface area contributed by atoms with Gasteiger partial charge in [0.1, 0.15) is 0 Å². The summed E-state index contributed by atoms with van der Waals surface area (Å²) >= 11 is 0. The van der Waals surface area contributed by atoms with Crippen molar-refractivity contribution in [1.82, 2.24) is 9.80 Å². The number of benzene rings is 2. The number of carbonyl (C=O) groups excluding carboxylic acids is 2. The Balaban J connectivity index is 1.37. The fourth-order valence-electron chi connectivity index (χ4n) is 3.97. The van der Waals surface area contributed by atoms with Crippen LogP contribution in [0.1, 0.15) is 17.5 Å². The number of likely N-dealkylation sites (tertiary alicyclic amines) is 1. The number of nitrogens with zero attached hydrogens (tertiary/aromatic N) is 3. The number of rotatable bonds is 6. The Morgan fingerprint density at radius 1 is 0.966 bits per heavy atom. The zero-order chi connectivity index (χ0) is 20.2. The number of anilines is 1. The minimum atomic E-state index is -0.398. The Bertz CT molecular complexity index is 847. The van der Waals surface area contributed by atoms with E-state index in [1.54, 1.807) is 0 Å². The third-order valence-corrected chi connectivity index (χ3v) is 5.68. The van der Waals surface area contributed by atoms with Gasteiger partial charge in [-0.1, -0.05) is 42.5 Å². The van der Waals surface area contributed by atoms with Crippen molar-refractivity contribution in [3.8, 4) is 0 Å². The summed E-state index contributed by atoms with van der Waals surface area (Å²) in [5, 5.41) is 0. The number of ether oxygens (including phenoxy) is 1. The van der Waals surface area contributed by atoms with E-state index >= 15 is 0 Å². The molecule has 2 heterocycles. The summed E-state index contributed by atoms with van der Waals surface area (Å²) in [5.41, 5.74) is 3.29.